The van der Waals surface area contributed by atoms with Crippen molar-refractivity contribution >= 4 is 11.6 Å². The summed E-state index contributed by atoms with van der Waals surface area (Å²) in [5.41, 5.74) is 1.24. The maximum atomic E-state index is 12.2. The number of carbonyl (C=O) groups excluding carboxylic acids is 1. The van der Waals surface area contributed by atoms with Gasteiger partial charge in [-0.3, -0.25) is 4.79 Å². The number of benzene rings is 1. The highest BCUT2D eigenvalue weighted by Crippen LogP contribution is 2.16. The van der Waals surface area contributed by atoms with Crippen molar-refractivity contribution in [2.45, 2.75) is 12.8 Å². The third kappa shape index (κ3) is 3.45. The van der Waals surface area contributed by atoms with Gasteiger partial charge in [-0.1, -0.05) is 18.2 Å². The van der Waals surface area contributed by atoms with Gasteiger partial charge in [0.15, 0.2) is 0 Å². The number of anilines is 1. The second-order valence-corrected chi connectivity index (χ2v) is 5.28. The van der Waals surface area contributed by atoms with Crippen LogP contribution in [0.2, 0.25) is 0 Å². The number of amides is 1. The lowest BCUT2D eigenvalue weighted by Crippen LogP contribution is -2.48. The Morgan fingerprint density at radius 1 is 1.00 bits per heavy atom. The summed E-state index contributed by atoms with van der Waals surface area (Å²) in [5, 5.41) is 0. The zero-order valence-corrected chi connectivity index (χ0v) is 12.1. The minimum absolute atomic E-state index is 0.221. The summed E-state index contributed by atoms with van der Waals surface area (Å²) in [4.78, 5) is 16.5. The van der Waals surface area contributed by atoms with Crippen LogP contribution >= 0.6 is 0 Å². The average molecular weight is 284 g/mol. The second kappa shape index (κ2) is 6.48. The van der Waals surface area contributed by atoms with E-state index in [1.807, 2.05) is 23.1 Å². The summed E-state index contributed by atoms with van der Waals surface area (Å²) < 4.78 is 5.27. The first-order chi connectivity index (χ1) is 10.3. The van der Waals surface area contributed by atoms with Crippen LogP contribution in [0.3, 0.4) is 0 Å². The number of para-hydroxylation sites is 1. The van der Waals surface area contributed by atoms with Crippen LogP contribution in [0.25, 0.3) is 0 Å². The molecule has 1 aliphatic heterocycles. The highest BCUT2D eigenvalue weighted by Gasteiger charge is 2.21. The number of hydrogen-bond donors (Lipinski definition) is 0. The van der Waals surface area contributed by atoms with Crippen LogP contribution in [0, 0.1) is 0 Å². The fraction of sp³-hybridized carbons (Fsp3) is 0.353. The van der Waals surface area contributed by atoms with Gasteiger partial charge in [0.1, 0.15) is 5.76 Å². The lowest BCUT2D eigenvalue weighted by Gasteiger charge is -2.36. The van der Waals surface area contributed by atoms with Crippen molar-refractivity contribution in [3.8, 4) is 0 Å². The van der Waals surface area contributed by atoms with Crippen LogP contribution < -0.4 is 4.90 Å². The molecule has 3 rings (SSSR count). The van der Waals surface area contributed by atoms with Gasteiger partial charge in [0, 0.05) is 44.7 Å². The molecule has 2 heterocycles. The van der Waals surface area contributed by atoms with E-state index < -0.39 is 0 Å². The minimum Gasteiger partial charge on any atom is -0.469 e. The van der Waals surface area contributed by atoms with E-state index in [2.05, 4.69) is 29.2 Å². The molecule has 0 N–H and O–H groups in total. The number of aryl methyl sites for hydroxylation is 1. The zero-order valence-electron chi connectivity index (χ0n) is 12.1. The van der Waals surface area contributed by atoms with E-state index in [-0.39, 0.29) is 5.91 Å². The molecule has 0 radical (unpaired) electrons. The first kappa shape index (κ1) is 13.7. The first-order valence-electron chi connectivity index (χ1n) is 7.43. The molecule has 1 aromatic carbocycles. The van der Waals surface area contributed by atoms with Crippen LogP contribution in [0.5, 0.6) is 0 Å². The van der Waals surface area contributed by atoms with E-state index in [1.54, 1.807) is 6.26 Å². The predicted octanol–water partition coefficient (Wildman–Crippen LogP) is 2.56. The Morgan fingerprint density at radius 2 is 1.76 bits per heavy atom. The Labute approximate surface area is 125 Å². The van der Waals surface area contributed by atoms with Crippen LogP contribution in [0.1, 0.15) is 12.2 Å². The molecule has 1 amide bonds. The highest BCUT2D eigenvalue weighted by atomic mass is 16.3. The van der Waals surface area contributed by atoms with E-state index >= 15 is 0 Å². The normalized spacial score (nSPS) is 15.2. The zero-order chi connectivity index (χ0) is 14.5. The number of piperazine rings is 1. The molecule has 0 aliphatic carbocycles. The van der Waals surface area contributed by atoms with Crippen molar-refractivity contribution in [1.82, 2.24) is 4.90 Å². The number of rotatable bonds is 4. The molecular weight excluding hydrogens is 264 g/mol. The van der Waals surface area contributed by atoms with Crippen LogP contribution in [-0.4, -0.2) is 37.0 Å². The molecule has 0 spiro atoms. The number of nitrogens with zero attached hydrogens (tertiary/aromatic N) is 2. The van der Waals surface area contributed by atoms with Crippen molar-refractivity contribution < 1.29 is 9.21 Å². The van der Waals surface area contributed by atoms with E-state index in [1.165, 1.54) is 5.69 Å². The lowest BCUT2D eigenvalue weighted by atomic mass is 10.2. The average Bonchev–Trinajstić information content (AvgIpc) is 3.07. The Balaban J connectivity index is 1.48. The fourth-order valence-electron chi connectivity index (χ4n) is 2.70. The first-order valence-corrected chi connectivity index (χ1v) is 7.43. The van der Waals surface area contributed by atoms with Gasteiger partial charge >= 0.3 is 0 Å². The largest absolute Gasteiger partial charge is 0.469 e. The molecule has 4 nitrogen and oxygen atoms in total. The summed E-state index contributed by atoms with van der Waals surface area (Å²) in [5.74, 6) is 1.10. The van der Waals surface area contributed by atoms with Gasteiger partial charge in [0.2, 0.25) is 5.91 Å². The molecule has 0 unspecified atom stereocenters. The van der Waals surface area contributed by atoms with Crippen LogP contribution in [-0.2, 0) is 11.2 Å². The second-order valence-electron chi connectivity index (χ2n) is 5.28. The van der Waals surface area contributed by atoms with E-state index in [9.17, 15) is 4.79 Å². The summed E-state index contributed by atoms with van der Waals surface area (Å²) in [7, 11) is 0. The molecule has 21 heavy (non-hydrogen) atoms. The minimum atomic E-state index is 0.221. The standard InChI is InChI=1S/C17H20N2O2/c20-17(9-8-16-7-4-14-21-16)19-12-10-18(11-13-19)15-5-2-1-3-6-15/h1-7,14H,8-13H2. The molecule has 4 heteroatoms. The summed E-state index contributed by atoms with van der Waals surface area (Å²) in [6, 6.07) is 14.1. The Kier molecular flexibility index (Phi) is 4.24. The molecule has 1 saturated heterocycles. The van der Waals surface area contributed by atoms with Crippen LogP contribution in [0.15, 0.2) is 53.1 Å². The molecular formula is C17H20N2O2. The van der Waals surface area contributed by atoms with Crippen molar-refractivity contribution in [3.05, 3.63) is 54.5 Å². The maximum Gasteiger partial charge on any atom is 0.223 e. The molecule has 2 aromatic rings. The highest BCUT2D eigenvalue weighted by molar-refractivity contribution is 5.76. The molecule has 110 valence electrons. The summed E-state index contributed by atoms with van der Waals surface area (Å²) in [6.07, 6.45) is 2.86. The van der Waals surface area contributed by atoms with Crippen molar-refractivity contribution in [1.29, 1.82) is 0 Å². The third-order valence-electron chi connectivity index (χ3n) is 3.92. The monoisotopic (exact) mass is 284 g/mol. The number of furan rings is 1. The number of carbonyl (C=O) groups is 1. The maximum absolute atomic E-state index is 12.2. The van der Waals surface area contributed by atoms with Gasteiger partial charge in [-0.05, 0) is 24.3 Å². The Morgan fingerprint density at radius 3 is 2.43 bits per heavy atom. The van der Waals surface area contributed by atoms with Gasteiger partial charge < -0.3 is 14.2 Å². The van der Waals surface area contributed by atoms with E-state index in [0.717, 1.165) is 31.9 Å². The number of hydrogen-bond acceptors (Lipinski definition) is 3. The fourth-order valence-corrected chi connectivity index (χ4v) is 2.70. The van der Waals surface area contributed by atoms with Gasteiger partial charge in [-0.25, -0.2) is 0 Å². The molecule has 1 aliphatic rings. The topological polar surface area (TPSA) is 36.7 Å². The summed E-state index contributed by atoms with van der Waals surface area (Å²) >= 11 is 0. The van der Waals surface area contributed by atoms with Crippen molar-refractivity contribution in [3.63, 3.8) is 0 Å². The smallest absolute Gasteiger partial charge is 0.223 e. The molecule has 1 aromatic heterocycles. The summed E-state index contributed by atoms with van der Waals surface area (Å²) in [6.45, 7) is 3.39. The third-order valence-corrected chi connectivity index (χ3v) is 3.92. The predicted molar refractivity (Wildman–Crippen MR) is 82.3 cm³/mol. The Bertz CT molecular complexity index is 558. The molecule has 0 bridgehead atoms. The van der Waals surface area contributed by atoms with Crippen molar-refractivity contribution in [2.75, 3.05) is 31.1 Å². The van der Waals surface area contributed by atoms with Gasteiger partial charge in [0.25, 0.3) is 0 Å². The van der Waals surface area contributed by atoms with E-state index in [0.29, 0.717) is 12.8 Å². The quantitative estimate of drug-likeness (QED) is 0.866. The lowest BCUT2D eigenvalue weighted by molar-refractivity contribution is -0.131. The SMILES string of the molecule is O=C(CCc1ccco1)N1CCN(c2ccccc2)CC1. The van der Waals surface area contributed by atoms with Gasteiger partial charge in [-0.15, -0.1) is 0 Å². The molecule has 0 saturated carbocycles. The van der Waals surface area contributed by atoms with Crippen LogP contribution in [0.4, 0.5) is 5.69 Å². The molecule has 1 fully saturated rings. The van der Waals surface area contributed by atoms with Gasteiger partial charge in [0.05, 0.1) is 6.26 Å². The van der Waals surface area contributed by atoms with Gasteiger partial charge in [-0.2, -0.15) is 0 Å². The Hall–Kier alpha value is -2.23. The molecule has 0 atom stereocenters. The van der Waals surface area contributed by atoms with E-state index in [4.69, 9.17) is 4.42 Å². The van der Waals surface area contributed by atoms with Crippen molar-refractivity contribution in [2.24, 2.45) is 0 Å².